The molecule has 3 aromatic carbocycles. The van der Waals surface area contributed by atoms with Crippen LogP contribution in [0.2, 0.25) is 10.0 Å². The van der Waals surface area contributed by atoms with E-state index in [4.69, 9.17) is 23.2 Å². The molecule has 9 heteroatoms. The molecule has 0 saturated heterocycles. The molecule has 2 amide bonds. The molecule has 0 bridgehead atoms. The third kappa shape index (κ3) is 5.31. The number of hydrogen-bond acceptors (Lipinski definition) is 2. The summed E-state index contributed by atoms with van der Waals surface area (Å²) >= 11 is 11.8. The van der Waals surface area contributed by atoms with E-state index in [0.29, 0.717) is 0 Å². The summed E-state index contributed by atoms with van der Waals surface area (Å²) in [5.74, 6) is -1.34. The third-order valence-corrected chi connectivity index (χ3v) is 4.55. The largest absolute Gasteiger partial charge is 0.416 e. The third-order valence-electron chi connectivity index (χ3n) is 3.99. The molecule has 4 nitrogen and oxygen atoms in total. The number of alkyl halides is 3. The van der Waals surface area contributed by atoms with Crippen LogP contribution in [0.4, 0.5) is 24.5 Å². The predicted octanol–water partition coefficient (Wildman–Crippen LogP) is 6.52. The molecule has 0 radical (unpaired) electrons. The van der Waals surface area contributed by atoms with E-state index >= 15 is 0 Å². The van der Waals surface area contributed by atoms with Crippen LogP contribution in [0.3, 0.4) is 0 Å². The smallest absolute Gasteiger partial charge is 0.322 e. The minimum Gasteiger partial charge on any atom is -0.322 e. The van der Waals surface area contributed by atoms with Crippen molar-refractivity contribution >= 4 is 46.4 Å². The van der Waals surface area contributed by atoms with Gasteiger partial charge < -0.3 is 10.6 Å². The van der Waals surface area contributed by atoms with Gasteiger partial charge in [0.1, 0.15) is 0 Å². The van der Waals surface area contributed by atoms with E-state index in [9.17, 15) is 22.8 Å². The summed E-state index contributed by atoms with van der Waals surface area (Å²) in [6, 6.07) is 14.9. The Morgan fingerprint density at radius 3 is 1.97 bits per heavy atom. The summed E-state index contributed by atoms with van der Waals surface area (Å²) in [5.41, 5.74) is -1.08. The first-order chi connectivity index (χ1) is 14.1. The van der Waals surface area contributed by atoms with Crippen molar-refractivity contribution < 1.29 is 22.8 Å². The molecule has 0 atom stereocenters. The summed E-state index contributed by atoms with van der Waals surface area (Å²) in [4.78, 5) is 24.8. The lowest BCUT2D eigenvalue weighted by Gasteiger charge is -2.14. The van der Waals surface area contributed by atoms with Crippen LogP contribution in [-0.4, -0.2) is 11.8 Å². The number of anilines is 2. The number of nitrogens with one attached hydrogen (secondary N) is 2. The molecular formula is C21H13Cl2F3N2O2. The van der Waals surface area contributed by atoms with Crippen molar-refractivity contribution in [1.29, 1.82) is 0 Å². The van der Waals surface area contributed by atoms with E-state index < -0.39 is 23.6 Å². The maximum Gasteiger partial charge on any atom is 0.416 e. The minimum atomic E-state index is -4.69. The highest BCUT2D eigenvalue weighted by molar-refractivity contribution is 6.36. The number of benzene rings is 3. The SMILES string of the molecule is O=C(Nc1cc(NC(=O)c2cc(Cl)ccc2Cl)cc(C(F)(F)F)c1)c1ccccc1. The lowest BCUT2D eigenvalue weighted by Crippen LogP contribution is -2.16. The standard InChI is InChI=1S/C21H13Cl2F3N2O2/c22-14-6-7-18(23)17(10-14)20(30)28-16-9-13(21(24,25)26)8-15(11-16)27-19(29)12-4-2-1-3-5-12/h1-11H,(H,27,29)(H,28,30). The molecule has 0 aliphatic rings. The van der Waals surface area contributed by atoms with Crippen molar-refractivity contribution in [3.8, 4) is 0 Å². The van der Waals surface area contributed by atoms with Crippen molar-refractivity contribution in [2.75, 3.05) is 10.6 Å². The molecule has 0 aliphatic heterocycles. The van der Waals surface area contributed by atoms with Gasteiger partial charge in [-0.1, -0.05) is 41.4 Å². The highest BCUT2D eigenvalue weighted by Crippen LogP contribution is 2.34. The highest BCUT2D eigenvalue weighted by Gasteiger charge is 2.31. The molecule has 0 fully saturated rings. The van der Waals surface area contributed by atoms with E-state index in [-0.39, 0.29) is 32.5 Å². The van der Waals surface area contributed by atoms with Gasteiger partial charge in [-0.2, -0.15) is 13.2 Å². The van der Waals surface area contributed by atoms with E-state index in [1.165, 1.54) is 36.4 Å². The lowest BCUT2D eigenvalue weighted by atomic mass is 10.1. The molecule has 0 saturated carbocycles. The molecule has 30 heavy (non-hydrogen) atoms. The van der Waals surface area contributed by atoms with Gasteiger partial charge in [0, 0.05) is 22.0 Å². The maximum atomic E-state index is 13.3. The summed E-state index contributed by atoms with van der Waals surface area (Å²) in [6.45, 7) is 0. The second-order valence-corrected chi connectivity index (χ2v) is 7.04. The van der Waals surface area contributed by atoms with Crippen molar-refractivity contribution in [2.24, 2.45) is 0 Å². The highest BCUT2D eigenvalue weighted by atomic mass is 35.5. The average Bonchev–Trinajstić information content (AvgIpc) is 2.69. The molecule has 0 unspecified atom stereocenters. The average molecular weight is 453 g/mol. The van der Waals surface area contributed by atoms with Crippen molar-refractivity contribution in [2.45, 2.75) is 6.18 Å². The van der Waals surface area contributed by atoms with Gasteiger partial charge in [-0.3, -0.25) is 9.59 Å². The van der Waals surface area contributed by atoms with Crippen LogP contribution in [0.5, 0.6) is 0 Å². The molecule has 3 rings (SSSR count). The van der Waals surface area contributed by atoms with Crippen LogP contribution in [0, 0.1) is 0 Å². The quantitative estimate of drug-likeness (QED) is 0.473. The molecule has 0 aliphatic carbocycles. The van der Waals surface area contributed by atoms with Crippen LogP contribution in [-0.2, 0) is 6.18 Å². The fourth-order valence-electron chi connectivity index (χ4n) is 2.60. The fraction of sp³-hybridized carbons (Fsp3) is 0.0476. The van der Waals surface area contributed by atoms with Crippen LogP contribution >= 0.6 is 23.2 Å². The Labute approximate surface area is 179 Å². The Morgan fingerprint density at radius 2 is 1.37 bits per heavy atom. The number of amides is 2. The molecule has 2 N–H and O–H groups in total. The summed E-state index contributed by atoms with van der Waals surface area (Å²) in [7, 11) is 0. The van der Waals surface area contributed by atoms with E-state index in [0.717, 1.165) is 12.1 Å². The first-order valence-corrected chi connectivity index (χ1v) is 9.24. The number of carbonyl (C=O) groups excluding carboxylic acids is 2. The van der Waals surface area contributed by atoms with Gasteiger partial charge in [0.2, 0.25) is 0 Å². The zero-order valence-corrected chi connectivity index (χ0v) is 16.6. The van der Waals surface area contributed by atoms with Gasteiger partial charge in [-0.15, -0.1) is 0 Å². The van der Waals surface area contributed by atoms with Crippen LogP contribution in [0.25, 0.3) is 0 Å². The molecular weight excluding hydrogens is 440 g/mol. The van der Waals surface area contributed by atoms with Gasteiger partial charge in [-0.25, -0.2) is 0 Å². The van der Waals surface area contributed by atoms with Gasteiger partial charge in [0.25, 0.3) is 11.8 Å². The second-order valence-electron chi connectivity index (χ2n) is 6.20. The first-order valence-electron chi connectivity index (χ1n) is 8.48. The minimum absolute atomic E-state index is 0.00329. The van der Waals surface area contributed by atoms with E-state index in [2.05, 4.69) is 10.6 Å². The van der Waals surface area contributed by atoms with Gasteiger partial charge in [0.15, 0.2) is 0 Å². The molecule has 0 heterocycles. The summed E-state index contributed by atoms with van der Waals surface area (Å²) < 4.78 is 40.0. The molecule has 154 valence electrons. The Hall–Kier alpha value is -3.03. The number of carbonyl (C=O) groups is 2. The number of hydrogen-bond donors (Lipinski definition) is 2. The number of halogens is 5. The maximum absolute atomic E-state index is 13.3. The van der Waals surface area contributed by atoms with Gasteiger partial charge in [-0.05, 0) is 48.5 Å². The number of rotatable bonds is 4. The van der Waals surface area contributed by atoms with Crippen LogP contribution in [0.15, 0.2) is 66.7 Å². The monoisotopic (exact) mass is 452 g/mol. The van der Waals surface area contributed by atoms with E-state index in [1.54, 1.807) is 18.2 Å². The topological polar surface area (TPSA) is 58.2 Å². The van der Waals surface area contributed by atoms with Crippen LogP contribution in [0.1, 0.15) is 26.3 Å². The fourth-order valence-corrected chi connectivity index (χ4v) is 2.97. The lowest BCUT2D eigenvalue weighted by molar-refractivity contribution is -0.137. The summed E-state index contributed by atoms with van der Waals surface area (Å²) in [5, 5.41) is 5.09. The van der Waals surface area contributed by atoms with E-state index in [1.807, 2.05) is 0 Å². The van der Waals surface area contributed by atoms with Gasteiger partial charge >= 0.3 is 6.18 Å². The Kier molecular flexibility index (Phi) is 6.34. The van der Waals surface area contributed by atoms with Crippen molar-refractivity contribution in [1.82, 2.24) is 0 Å². The van der Waals surface area contributed by atoms with Gasteiger partial charge in [0.05, 0.1) is 16.1 Å². The zero-order chi connectivity index (χ0) is 21.9. The Bertz CT molecular complexity index is 1100. The van der Waals surface area contributed by atoms with Crippen molar-refractivity contribution in [3.63, 3.8) is 0 Å². The summed E-state index contributed by atoms with van der Waals surface area (Å²) in [6.07, 6.45) is -4.69. The van der Waals surface area contributed by atoms with Crippen LogP contribution < -0.4 is 10.6 Å². The molecule has 0 spiro atoms. The predicted molar refractivity (Wildman–Crippen MR) is 110 cm³/mol. The molecule has 3 aromatic rings. The normalized spacial score (nSPS) is 11.1. The second kappa shape index (κ2) is 8.77. The molecule has 0 aromatic heterocycles. The zero-order valence-electron chi connectivity index (χ0n) is 15.1. The van der Waals surface area contributed by atoms with Crippen molar-refractivity contribution in [3.05, 3.63) is 93.5 Å². The first kappa shape index (κ1) is 21.7. The Balaban J connectivity index is 1.92. The Morgan fingerprint density at radius 1 is 0.767 bits per heavy atom.